The van der Waals surface area contributed by atoms with E-state index in [0.717, 1.165) is 5.56 Å². The van der Waals surface area contributed by atoms with Gasteiger partial charge in [-0.15, -0.1) is 5.56 Å². The van der Waals surface area contributed by atoms with E-state index >= 15 is 0 Å². The average molecular weight is 321 g/mol. The molecule has 0 spiro atoms. The fraction of sp³-hybridized carbons (Fsp3) is 0.286. The molecule has 0 aliphatic carbocycles. The minimum absolute atomic E-state index is 0. The Bertz CT molecular complexity index is 185. The molecule has 0 aromatic carbocycles. The van der Waals surface area contributed by atoms with Crippen molar-refractivity contribution in [3.63, 3.8) is 0 Å². The first-order valence-corrected chi connectivity index (χ1v) is 2.72. The second-order valence-corrected chi connectivity index (χ2v) is 1.74. The minimum atomic E-state index is 0. The molecule has 0 amide bonds. The number of aromatic nitrogens is 2. The molecule has 0 aliphatic rings. The standard InChI is InChI=1S/C6H8N3.CH3.W/c1-5-3-8-6(7-2)9-4-5;;/h3H,1-2H3,(H,7,8,9);1H3;/q2*-1;+2. The molecule has 0 saturated heterocycles. The Balaban J connectivity index is 0. The number of rotatable bonds is 1. The average Bonchev–Trinajstić information content (AvgIpc) is 1.90. The molecule has 0 bridgehead atoms. The third-order valence-corrected chi connectivity index (χ3v) is 0.942. The van der Waals surface area contributed by atoms with Crippen LogP contribution in [0.1, 0.15) is 5.56 Å². The third kappa shape index (κ3) is 4.10. The Hall–Kier alpha value is -0.432. The van der Waals surface area contributed by atoms with Crippen LogP contribution in [0.25, 0.3) is 0 Å². The van der Waals surface area contributed by atoms with Crippen molar-refractivity contribution in [2.75, 3.05) is 12.4 Å². The summed E-state index contributed by atoms with van der Waals surface area (Å²) in [6, 6.07) is 0. The molecule has 0 saturated carbocycles. The normalized spacial score (nSPS) is 7.45. The Kier molecular flexibility index (Phi) is 7.54. The van der Waals surface area contributed by atoms with Crippen LogP contribution in [-0.2, 0) is 21.1 Å². The Labute approximate surface area is 81.9 Å². The summed E-state index contributed by atoms with van der Waals surface area (Å²) in [5.74, 6) is 0.612. The molecule has 1 N–H and O–H groups in total. The van der Waals surface area contributed by atoms with Crippen molar-refractivity contribution in [3.8, 4) is 0 Å². The van der Waals surface area contributed by atoms with Crippen molar-refractivity contribution in [1.82, 2.24) is 9.97 Å². The maximum atomic E-state index is 3.94. The molecule has 60 valence electrons. The first kappa shape index (κ1) is 13.2. The molecule has 1 aromatic heterocycles. The Morgan fingerprint density at radius 3 is 2.55 bits per heavy atom. The van der Waals surface area contributed by atoms with Gasteiger partial charge in [0.15, 0.2) is 0 Å². The summed E-state index contributed by atoms with van der Waals surface area (Å²) in [5.41, 5.74) is 0.953. The van der Waals surface area contributed by atoms with Gasteiger partial charge in [0.1, 0.15) is 5.95 Å². The number of nitrogens with zero attached hydrogens (tertiary/aromatic N) is 2. The second kappa shape index (κ2) is 6.29. The molecule has 0 unspecified atom stereocenters. The van der Waals surface area contributed by atoms with Crippen molar-refractivity contribution >= 4 is 5.95 Å². The van der Waals surface area contributed by atoms with Crippen LogP contribution in [0.2, 0.25) is 0 Å². The van der Waals surface area contributed by atoms with Crippen LogP contribution < -0.4 is 5.32 Å². The first-order chi connectivity index (χ1) is 4.33. The third-order valence-electron chi connectivity index (χ3n) is 0.942. The molecule has 3 nitrogen and oxygen atoms in total. The molecule has 0 atom stereocenters. The number of aryl methyl sites for hydroxylation is 1. The van der Waals surface area contributed by atoms with Gasteiger partial charge in [-0.2, -0.15) is 0 Å². The van der Waals surface area contributed by atoms with Crippen LogP contribution >= 0.6 is 0 Å². The van der Waals surface area contributed by atoms with Gasteiger partial charge in [-0.25, -0.2) is 0 Å². The molecule has 1 aromatic rings. The summed E-state index contributed by atoms with van der Waals surface area (Å²) in [6.07, 6.45) is 4.50. The van der Waals surface area contributed by atoms with Crippen molar-refractivity contribution in [2.24, 2.45) is 0 Å². The monoisotopic (exact) mass is 321 g/mol. The van der Waals surface area contributed by atoms with Crippen molar-refractivity contribution in [1.29, 1.82) is 0 Å². The molecule has 0 fully saturated rings. The van der Waals surface area contributed by atoms with Crippen LogP contribution in [0.5, 0.6) is 0 Å². The molecule has 0 radical (unpaired) electrons. The summed E-state index contributed by atoms with van der Waals surface area (Å²) in [7, 11) is 1.78. The van der Waals surface area contributed by atoms with Crippen LogP contribution in [-0.4, -0.2) is 17.0 Å². The Morgan fingerprint density at radius 1 is 1.55 bits per heavy atom. The zero-order valence-corrected chi connectivity index (χ0v) is 9.81. The van der Waals surface area contributed by atoms with Crippen LogP contribution in [0, 0.1) is 20.5 Å². The largest absolute Gasteiger partial charge is 2.00 e. The van der Waals surface area contributed by atoms with E-state index in [4.69, 9.17) is 0 Å². The van der Waals surface area contributed by atoms with Gasteiger partial charge < -0.3 is 22.7 Å². The number of hydrogen-bond acceptors (Lipinski definition) is 3. The van der Waals surface area contributed by atoms with E-state index in [1.54, 1.807) is 13.2 Å². The van der Waals surface area contributed by atoms with Gasteiger partial charge in [0, 0.05) is 0 Å². The van der Waals surface area contributed by atoms with Gasteiger partial charge in [0.2, 0.25) is 0 Å². The van der Waals surface area contributed by atoms with Gasteiger partial charge in [0.25, 0.3) is 0 Å². The van der Waals surface area contributed by atoms with Gasteiger partial charge in [-0.1, -0.05) is 19.3 Å². The van der Waals surface area contributed by atoms with E-state index in [9.17, 15) is 0 Å². The van der Waals surface area contributed by atoms with E-state index in [0.29, 0.717) is 5.95 Å². The molecule has 11 heavy (non-hydrogen) atoms. The molecule has 1 rings (SSSR count). The number of anilines is 1. The molecular weight excluding hydrogens is 310 g/mol. The Morgan fingerprint density at radius 2 is 2.18 bits per heavy atom. The van der Waals surface area contributed by atoms with Gasteiger partial charge in [-0.05, 0) is 7.05 Å². The van der Waals surface area contributed by atoms with E-state index in [-0.39, 0.29) is 28.5 Å². The zero-order valence-electron chi connectivity index (χ0n) is 6.88. The summed E-state index contributed by atoms with van der Waals surface area (Å²) in [5, 5.41) is 2.80. The summed E-state index contributed by atoms with van der Waals surface area (Å²) >= 11 is 0. The smallest absolute Gasteiger partial charge is 0.409 e. The predicted octanol–water partition coefficient (Wildman–Crippen LogP) is 1.07. The maximum absolute atomic E-state index is 3.94. The minimum Gasteiger partial charge on any atom is -0.409 e. The molecule has 4 heteroatoms. The topological polar surface area (TPSA) is 37.8 Å². The molecule has 0 aliphatic heterocycles. The summed E-state index contributed by atoms with van der Waals surface area (Å²) < 4.78 is 0. The van der Waals surface area contributed by atoms with Crippen molar-refractivity contribution in [2.45, 2.75) is 6.92 Å². The van der Waals surface area contributed by atoms with Crippen molar-refractivity contribution in [3.05, 3.63) is 25.4 Å². The fourth-order valence-electron chi connectivity index (χ4n) is 0.477. The molecule has 1 heterocycles. The molecular formula is C7H11N3W. The van der Waals surface area contributed by atoms with Crippen LogP contribution in [0.4, 0.5) is 5.95 Å². The number of nitrogens with one attached hydrogen (secondary N) is 1. The van der Waals surface area contributed by atoms with E-state index in [1.807, 2.05) is 6.92 Å². The predicted molar refractivity (Wildman–Crippen MR) is 41.6 cm³/mol. The van der Waals surface area contributed by atoms with Gasteiger partial charge in [0.05, 0.1) is 0 Å². The second-order valence-electron chi connectivity index (χ2n) is 1.74. The van der Waals surface area contributed by atoms with Crippen LogP contribution in [0.15, 0.2) is 6.20 Å². The maximum Gasteiger partial charge on any atom is 2.00 e. The van der Waals surface area contributed by atoms with Gasteiger partial charge in [-0.3, -0.25) is 0 Å². The SMILES string of the molecule is CNc1n[c-]c(C)cn1.[CH3-].[W+2]. The van der Waals surface area contributed by atoms with E-state index < -0.39 is 0 Å². The summed E-state index contributed by atoms with van der Waals surface area (Å²) in [4.78, 5) is 7.79. The van der Waals surface area contributed by atoms with E-state index in [1.165, 1.54) is 0 Å². The summed E-state index contributed by atoms with van der Waals surface area (Å²) in [6.45, 7) is 1.90. The van der Waals surface area contributed by atoms with Crippen LogP contribution in [0.3, 0.4) is 0 Å². The zero-order chi connectivity index (χ0) is 6.69. The van der Waals surface area contributed by atoms with Crippen molar-refractivity contribution < 1.29 is 21.1 Å². The number of hydrogen-bond donors (Lipinski definition) is 1. The van der Waals surface area contributed by atoms with Gasteiger partial charge >= 0.3 is 21.1 Å². The first-order valence-electron chi connectivity index (χ1n) is 2.72. The fourth-order valence-corrected chi connectivity index (χ4v) is 0.477. The quantitative estimate of drug-likeness (QED) is 0.787. The van der Waals surface area contributed by atoms with E-state index in [2.05, 4.69) is 21.5 Å².